The van der Waals surface area contributed by atoms with E-state index < -0.39 is 0 Å². The predicted octanol–water partition coefficient (Wildman–Crippen LogP) is 22.4. The van der Waals surface area contributed by atoms with Crippen LogP contribution in [0.3, 0.4) is 0 Å². The molecule has 0 atom stereocenters. The Balaban J connectivity index is 0.000000125. The van der Waals surface area contributed by atoms with Gasteiger partial charge >= 0.3 is 0 Å². The first-order chi connectivity index (χ1) is 42.2. The summed E-state index contributed by atoms with van der Waals surface area (Å²) in [7, 11) is 0. The van der Waals surface area contributed by atoms with E-state index in [4.69, 9.17) is 8.83 Å². The van der Waals surface area contributed by atoms with E-state index in [0.29, 0.717) is 0 Å². The van der Waals surface area contributed by atoms with Crippen molar-refractivity contribution in [1.29, 1.82) is 0 Å². The second-order valence-electron chi connectivity index (χ2n) is 22.6. The molecule has 2 aliphatic carbocycles. The van der Waals surface area contributed by atoms with Gasteiger partial charge in [-0.3, -0.25) is 0 Å². The van der Waals surface area contributed by atoms with E-state index in [1.165, 1.54) is 131 Å². The molecule has 394 valence electrons. The third-order valence-electron chi connectivity index (χ3n) is 18.2. The average molecular weight is 1080 g/mol. The lowest BCUT2D eigenvalue weighted by molar-refractivity contribution is 0.669. The summed E-state index contributed by atoms with van der Waals surface area (Å²) >= 11 is 0. The standard InChI is InChI=1S/C40H24N2O.C40H23NO/c1-3-9-26(10-4-1)41(27-11-5-2-6-12-27)28-19-21-29(22-20-28)42-32-15-7-13-30-31-14-8-16-34-38(31)40-35(43-34)24-18-25-17-23-33(42)39(36(25)40)37(30)32;1-2-8-24(9-3-1)26-10-4-11-27(22-26)28-12-5-13-29(23-28)41-32-16-6-14-30-31-15-7-17-34-38(31)40-35(42-34)21-19-25-18-20-33(41)39(36(25)40)37(30)32/h1-24H;1-23H. The fourth-order valence-corrected chi connectivity index (χ4v) is 14.7. The summed E-state index contributed by atoms with van der Waals surface area (Å²) in [6.45, 7) is 0. The maximum Gasteiger partial charge on any atom is 0.136 e. The number of rotatable bonds is 7. The van der Waals surface area contributed by atoms with Crippen LogP contribution in [0.2, 0.25) is 0 Å². The van der Waals surface area contributed by atoms with Crippen molar-refractivity contribution >= 4 is 126 Å². The van der Waals surface area contributed by atoms with E-state index in [9.17, 15) is 0 Å². The van der Waals surface area contributed by atoms with Crippen LogP contribution < -0.4 is 4.90 Å². The summed E-state index contributed by atoms with van der Waals surface area (Å²) in [5, 5.41) is 15.2. The first-order valence-corrected chi connectivity index (χ1v) is 29.1. The molecular formula is C80H47N3O2. The molecule has 0 N–H and O–H groups in total. The molecule has 4 aromatic heterocycles. The molecule has 85 heavy (non-hydrogen) atoms. The summed E-state index contributed by atoms with van der Waals surface area (Å²) in [6.07, 6.45) is 0. The number of benzene rings is 14. The smallest absolute Gasteiger partial charge is 0.136 e. The largest absolute Gasteiger partial charge is 0.456 e. The molecule has 5 nitrogen and oxygen atoms in total. The molecule has 14 aromatic carbocycles. The maximum atomic E-state index is 6.41. The summed E-state index contributed by atoms with van der Waals surface area (Å²) < 4.78 is 17.7. The van der Waals surface area contributed by atoms with Gasteiger partial charge in [0.25, 0.3) is 0 Å². The van der Waals surface area contributed by atoms with Crippen LogP contribution in [0, 0.1) is 0 Å². The molecule has 0 amide bonds. The molecule has 0 bridgehead atoms. The predicted molar refractivity (Wildman–Crippen MR) is 355 cm³/mol. The van der Waals surface area contributed by atoms with Gasteiger partial charge in [0, 0.05) is 82.3 Å². The Morgan fingerprint density at radius 1 is 0.224 bits per heavy atom. The van der Waals surface area contributed by atoms with Crippen molar-refractivity contribution in [2.24, 2.45) is 0 Å². The van der Waals surface area contributed by atoms with Gasteiger partial charge in [0.05, 0.1) is 22.1 Å². The van der Waals surface area contributed by atoms with Gasteiger partial charge < -0.3 is 22.9 Å². The zero-order valence-electron chi connectivity index (χ0n) is 45.8. The Morgan fingerprint density at radius 3 is 1.15 bits per heavy atom. The SMILES string of the molecule is c1ccc(-c2cccc(-c3cccc(-n4c5cccc6c5c5c7c(ccc8oc9cccc-6c9c87)ccc54)c3)c2)cc1.c1ccc(N(c2ccccc2)c2ccc(-n3c4cccc5c4c4c6c(ccc7oc8cccc-5c8c76)ccc43)cc2)cc1. The minimum absolute atomic E-state index is 0.947. The van der Waals surface area contributed by atoms with Crippen LogP contribution in [-0.2, 0) is 0 Å². The molecule has 0 saturated carbocycles. The van der Waals surface area contributed by atoms with Gasteiger partial charge in [0.15, 0.2) is 0 Å². The van der Waals surface area contributed by atoms with Crippen molar-refractivity contribution in [1.82, 2.24) is 9.13 Å². The van der Waals surface area contributed by atoms with Crippen LogP contribution in [0.4, 0.5) is 17.1 Å². The quantitative estimate of drug-likeness (QED) is 0.160. The maximum absolute atomic E-state index is 6.41. The topological polar surface area (TPSA) is 39.4 Å². The molecule has 20 rings (SSSR count). The Morgan fingerprint density at radius 2 is 0.612 bits per heavy atom. The lowest BCUT2D eigenvalue weighted by atomic mass is 9.98. The Labute approximate surface area is 487 Å². The highest BCUT2D eigenvalue weighted by Gasteiger charge is 2.28. The molecule has 0 spiro atoms. The lowest BCUT2D eigenvalue weighted by Gasteiger charge is -2.25. The van der Waals surface area contributed by atoms with Crippen molar-refractivity contribution in [2.75, 3.05) is 4.90 Å². The zero-order valence-corrected chi connectivity index (χ0v) is 45.8. The van der Waals surface area contributed by atoms with E-state index in [2.05, 4.69) is 299 Å². The highest BCUT2D eigenvalue weighted by atomic mass is 16.3. The monoisotopic (exact) mass is 1080 g/mol. The molecule has 18 aromatic rings. The van der Waals surface area contributed by atoms with Gasteiger partial charge in [0.1, 0.15) is 22.3 Å². The molecular weight excluding hydrogens is 1030 g/mol. The minimum atomic E-state index is 0.947. The third-order valence-corrected chi connectivity index (χ3v) is 18.2. The molecule has 2 aliphatic rings. The van der Waals surface area contributed by atoms with Crippen LogP contribution in [-0.4, -0.2) is 9.13 Å². The number of nitrogens with zero attached hydrogens (tertiary/aromatic N) is 3. The van der Waals surface area contributed by atoms with Crippen molar-refractivity contribution in [3.63, 3.8) is 0 Å². The Hall–Kier alpha value is -11.4. The van der Waals surface area contributed by atoms with Crippen molar-refractivity contribution in [3.05, 3.63) is 285 Å². The highest BCUT2D eigenvalue weighted by molar-refractivity contribution is 6.39. The van der Waals surface area contributed by atoms with Crippen LogP contribution >= 0.6 is 0 Å². The second-order valence-corrected chi connectivity index (χ2v) is 22.6. The Kier molecular flexibility index (Phi) is 9.55. The van der Waals surface area contributed by atoms with Gasteiger partial charge in [-0.25, -0.2) is 0 Å². The van der Waals surface area contributed by atoms with E-state index in [1.54, 1.807) is 0 Å². The van der Waals surface area contributed by atoms with Gasteiger partial charge in [-0.1, -0.05) is 170 Å². The van der Waals surface area contributed by atoms with Crippen LogP contribution in [0.5, 0.6) is 0 Å². The molecule has 0 saturated heterocycles. The summed E-state index contributed by atoms with van der Waals surface area (Å²) in [5.41, 5.74) is 24.2. The third kappa shape index (κ3) is 6.57. The van der Waals surface area contributed by atoms with Crippen molar-refractivity contribution < 1.29 is 8.83 Å². The van der Waals surface area contributed by atoms with E-state index in [1.807, 2.05) is 0 Å². The fraction of sp³-hybridized carbons (Fsp3) is 0. The van der Waals surface area contributed by atoms with Crippen molar-refractivity contribution in [3.8, 4) is 55.9 Å². The summed E-state index contributed by atoms with van der Waals surface area (Å²) in [5.74, 6) is 0. The van der Waals surface area contributed by atoms with Crippen LogP contribution in [0.25, 0.3) is 165 Å². The van der Waals surface area contributed by atoms with E-state index >= 15 is 0 Å². The Bertz CT molecular complexity index is 5790. The highest BCUT2D eigenvalue weighted by Crippen LogP contribution is 2.53. The number of para-hydroxylation sites is 2. The number of aromatic nitrogens is 2. The average Bonchev–Trinajstić information content (AvgIpc) is 1.63. The first-order valence-electron chi connectivity index (χ1n) is 29.1. The molecule has 0 fully saturated rings. The molecule has 5 heteroatoms. The normalized spacial score (nSPS) is 12.2. The summed E-state index contributed by atoms with van der Waals surface area (Å²) in [4.78, 5) is 2.30. The van der Waals surface area contributed by atoms with Crippen molar-refractivity contribution in [2.45, 2.75) is 0 Å². The second kappa shape index (κ2) is 17.6. The number of anilines is 3. The molecule has 4 heterocycles. The van der Waals surface area contributed by atoms with Gasteiger partial charge in [0.2, 0.25) is 0 Å². The molecule has 0 radical (unpaired) electrons. The van der Waals surface area contributed by atoms with E-state index in [-0.39, 0.29) is 0 Å². The van der Waals surface area contributed by atoms with Gasteiger partial charge in [-0.05, 0) is 171 Å². The molecule has 0 unspecified atom stereocenters. The van der Waals surface area contributed by atoms with Crippen LogP contribution in [0.1, 0.15) is 0 Å². The summed E-state index contributed by atoms with van der Waals surface area (Å²) in [6, 6.07) is 103. The zero-order chi connectivity index (χ0) is 55.4. The lowest BCUT2D eigenvalue weighted by Crippen LogP contribution is -2.09. The minimum Gasteiger partial charge on any atom is -0.456 e. The number of hydrogen-bond acceptors (Lipinski definition) is 3. The first kappa shape index (κ1) is 46.2. The fourth-order valence-electron chi connectivity index (χ4n) is 14.7. The van der Waals surface area contributed by atoms with Gasteiger partial charge in [-0.15, -0.1) is 0 Å². The van der Waals surface area contributed by atoms with Gasteiger partial charge in [-0.2, -0.15) is 0 Å². The van der Waals surface area contributed by atoms with E-state index in [0.717, 1.165) is 50.8 Å². The number of fused-ring (bicyclic) bond motifs is 2. The molecule has 0 aliphatic heterocycles. The number of hydrogen-bond donors (Lipinski definition) is 0. The van der Waals surface area contributed by atoms with Crippen LogP contribution in [0.15, 0.2) is 294 Å². The number of furan rings is 2.